The predicted octanol–water partition coefficient (Wildman–Crippen LogP) is -1.58. The molecule has 6 heteroatoms. The Kier molecular flexibility index (Phi) is 4.16. The smallest absolute Gasteiger partial charge is 0.321 e. The molecule has 0 saturated carbocycles. The maximum Gasteiger partial charge on any atom is 0.321 e. The Bertz CT molecular complexity index is 159. The average Bonchev–Trinajstić information content (AvgIpc) is 1.86. The minimum absolute atomic E-state index is 0.0513. The fourth-order valence-corrected chi connectivity index (χ4v) is 0.564. The number of hydrogen-bond donors (Lipinski definition) is 4. The van der Waals surface area contributed by atoms with E-state index in [1.54, 1.807) is 0 Å². The van der Waals surface area contributed by atoms with E-state index in [-0.39, 0.29) is 6.67 Å². The van der Waals surface area contributed by atoms with Crippen molar-refractivity contribution in [3.05, 3.63) is 0 Å². The standard InChI is InChI=1S/C5H10N2O4/c6-2-7-3(5(10)11)1-4(8)9/h3,7H,1-2,6H2,(H,8,9)(H,10,11). The Hall–Kier alpha value is -1.14. The summed E-state index contributed by atoms with van der Waals surface area (Å²) in [5, 5.41) is 18.9. The Morgan fingerprint density at radius 3 is 2.27 bits per heavy atom. The first-order valence-corrected chi connectivity index (χ1v) is 2.96. The molecule has 0 saturated heterocycles. The first-order chi connectivity index (χ1) is 5.07. The molecule has 1 atom stereocenters. The molecule has 0 aromatic carbocycles. The van der Waals surface area contributed by atoms with E-state index in [0.29, 0.717) is 0 Å². The van der Waals surface area contributed by atoms with Gasteiger partial charge in [0.25, 0.3) is 0 Å². The number of rotatable bonds is 5. The molecule has 0 aromatic heterocycles. The van der Waals surface area contributed by atoms with E-state index in [2.05, 4.69) is 5.32 Å². The molecule has 0 bridgehead atoms. The topological polar surface area (TPSA) is 113 Å². The van der Waals surface area contributed by atoms with Crippen molar-refractivity contribution < 1.29 is 19.8 Å². The van der Waals surface area contributed by atoms with Crippen molar-refractivity contribution >= 4 is 11.9 Å². The van der Waals surface area contributed by atoms with Crippen LogP contribution in [0.5, 0.6) is 0 Å². The highest BCUT2D eigenvalue weighted by molar-refractivity contribution is 5.80. The van der Waals surface area contributed by atoms with Crippen molar-refractivity contribution in [3.63, 3.8) is 0 Å². The Morgan fingerprint density at radius 2 is 2.00 bits per heavy atom. The van der Waals surface area contributed by atoms with E-state index >= 15 is 0 Å². The molecule has 0 aliphatic rings. The van der Waals surface area contributed by atoms with E-state index in [9.17, 15) is 9.59 Å². The second-order valence-electron chi connectivity index (χ2n) is 1.90. The zero-order valence-electron chi connectivity index (χ0n) is 5.78. The molecule has 0 spiro atoms. The Balaban J connectivity index is 3.89. The second kappa shape index (κ2) is 4.64. The molecule has 0 fully saturated rings. The third-order valence-corrected chi connectivity index (χ3v) is 1.04. The van der Waals surface area contributed by atoms with E-state index in [1.165, 1.54) is 0 Å². The number of nitrogens with two attached hydrogens (primary N) is 1. The number of aliphatic carboxylic acids is 2. The van der Waals surface area contributed by atoms with Crippen LogP contribution < -0.4 is 11.1 Å². The lowest BCUT2D eigenvalue weighted by Gasteiger charge is -2.08. The van der Waals surface area contributed by atoms with Gasteiger partial charge in [0.2, 0.25) is 0 Å². The van der Waals surface area contributed by atoms with Gasteiger partial charge in [0.1, 0.15) is 6.04 Å². The molecule has 0 heterocycles. The molecular formula is C5H10N2O4. The Morgan fingerprint density at radius 1 is 1.45 bits per heavy atom. The van der Waals surface area contributed by atoms with Gasteiger partial charge in [-0.15, -0.1) is 0 Å². The Labute approximate surface area is 63.0 Å². The molecule has 6 nitrogen and oxygen atoms in total. The molecule has 1 unspecified atom stereocenters. The fraction of sp³-hybridized carbons (Fsp3) is 0.600. The van der Waals surface area contributed by atoms with Crippen LogP contribution in [-0.4, -0.2) is 34.9 Å². The van der Waals surface area contributed by atoms with E-state index < -0.39 is 24.4 Å². The number of carbonyl (C=O) groups is 2. The predicted molar refractivity (Wildman–Crippen MR) is 35.9 cm³/mol. The average molecular weight is 162 g/mol. The zero-order chi connectivity index (χ0) is 8.85. The summed E-state index contributed by atoms with van der Waals surface area (Å²) >= 11 is 0. The van der Waals surface area contributed by atoms with Gasteiger partial charge in [-0.1, -0.05) is 0 Å². The fourth-order valence-electron chi connectivity index (χ4n) is 0.564. The molecule has 0 aliphatic carbocycles. The molecule has 0 rings (SSSR count). The molecule has 11 heavy (non-hydrogen) atoms. The van der Waals surface area contributed by atoms with Crippen LogP contribution in [0.25, 0.3) is 0 Å². The summed E-state index contributed by atoms with van der Waals surface area (Å²) in [6.45, 7) is -0.0513. The first-order valence-electron chi connectivity index (χ1n) is 2.96. The van der Waals surface area contributed by atoms with Crippen molar-refractivity contribution in [2.75, 3.05) is 6.67 Å². The summed E-state index contributed by atoms with van der Waals surface area (Å²) < 4.78 is 0. The highest BCUT2D eigenvalue weighted by Crippen LogP contribution is 1.90. The van der Waals surface area contributed by atoms with Crippen molar-refractivity contribution in [1.82, 2.24) is 5.32 Å². The summed E-state index contributed by atoms with van der Waals surface area (Å²) in [4.78, 5) is 20.3. The summed E-state index contributed by atoms with van der Waals surface area (Å²) in [6.07, 6.45) is -0.466. The summed E-state index contributed by atoms with van der Waals surface area (Å²) in [5.41, 5.74) is 4.98. The SMILES string of the molecule is NCNC(CC(=O)O)C(=O)O. The van der Waals surface area contributed by atoms with Crippen LogP contribution in [0.3, 0.4) is 0 Å². The second-order valence-corrected chi connectivity index (χ2v) is 1.90. The summed E-state index contributed by atoms with van der Waals surface area (Å²) in [7, 11) is 0. The maximum absolute atomic E-state index is 10.2. The maximum atomic E-state index is 10.2. The monoisotopic (exact) mass is 162 g/mol. The third-order valence-electron chi connectivity index (χ3n) is 1.04. The summed E-state index contributed by atoms with van der Waals surface area (Å²) in [6, 6.07) is -1.10. The van der Waals surface area contributed by atoms with E-state index in [0.717, 1.165) is 0 Å². The van der Waals surface area contributed by atoms with Crippen molar-refractivity contribution in [2.24, 2.45) is 5.73 Å². The number of carboxylic acid groups (broad SMARTS) is 2. The molecule has 0 aromatic rings. The number of carboxylic acids is 2. The number of nitrogens with one attached hydrogen (secondary N) is 1. The molecular weight excluding hydrogens is 152 g/mol. The minimum Gasteiger partial charge on any atom is -0.481 e. The van der Waals surface area contributed by atoms with Gasteiger partial charge in [-0.05, 0) is 0 Å². The van der Waals surface area contributed by atoms with Gasteiger partial charge in [0.05, 0.1) is 6.42 Å². The normalized spacial score (nSPS) is 12.5. The van der Waals surface area contributed by atoms with Crippen LogP contribution in [0.1, 0.15) is 6.42 Å². The lowest BCUT2D eigenvalue weighted by Crippen LogP contribution is -2.41. The highest BCUT2D eigenvalue weighted by atomic mass is 16.4. The van der Waals surface area contributed by atoms with Crippen LogP contribution in [0.2, 0.25) is 0 Å². The lowest BCUT2D eigenvalue weighted by atomic mass is 10.2. The molecule has 64 valence electrons. The quantitative estimate of drug-likeness (QED) is 0.363. The van der Waals surface area contributed by atoms with Gasteiger partial charge < -0.3 is 15.9 Å². The van der Waals surface area contributed by atoms with Crippen LogP contribution >= 0.6 is 0 Å². The molecule has 0 radical (unpaired) electrons. The van der Waals surface area contributed by atoms with E-state index in [4.69, 9.17) is 15.9 Å². The van der Waals surface area contributed by atoms with Gasteiger partial charge in [-0.3, -0.25) is 14.9 Å². The molecule has 5 N–H and O–H groups in total. The van der Waals surface area contributed by atoms with Crippen molar-refractivity contribution in [3.8, 4) is 0 Å². The lowest BCUT2D eigenvalue weighted by molar-refractivity contribution is -0.145. The summed E-state index contributed by atoms with van der Waals surface area (Å²) in [5.74, 6) is -2.38. The largest absolute Gasteiger partial charge is 0.481 e. The first kappa shape index (κ1) is 9.86. The van der Waals surface area contributed by atoms with Gasteiger partial charge in [0.15, 0.2) is 0 Å². The van der Waals surface area contributed by atoms with Crippen LogP contribution in [-0.2, 0) is 9.59 Å². The molecule has 0 aliphatic heterocycles. The van der Waals surface area contributed by atoms with Crippen molar-refractivity contribution in [2.45, 2.75) is 12.5 Å². The highest BCUT2D eigenvalue weighted by Gasteiger charge is 2.18. The molecule has 0 amide bonds. The zero-order valence-corrected chi connectivity index (χ0v) is 5.78. The van der Waals surface area contributed by atoms with Gasteiger partial charge in [-0.25, -0.2) is 0 Å². The van der Waals surface area contributed by atoms with Crippen molar-refractivity contribution in [1.29, 1.82) is 0 Å². The number of hydrogen-bond acceptors (Lipinski definition) is 4. The van der Waals surface area contributed by atoms with E-state index in [1.807, 2.05) is 0 Å². The van der Waals surface area contributed by atoms with Gasteiger partial charge >= 0.3 is 11.9 Å². The third kappa shape index (κ3) is 4.29. The minimum atomic E-state index is -1.21. The van der Waals surface area contributed by atoms with Crippen LogP contribution in [0, 0.1) is 0 Å². The van der Waals surface area contributed by atoms with Gasteiger partial charge in [0, 0.05) is 6.67 Å². The van der Waals surface area contributed by atoms with Crippen LogP contribution in [0.15, 0.2) is 0 Å². The van der Waals surface area contributed by atoms with Crippen LogP contribution in [0.4, 0.5) is 0 Å². The van der Waals surface area contributed by atoms with Gasteiger partial charge in [-0.2, -0.15) is 0 Å².